The smallest absolute Gasteiger partial charge is 0.224 e. The van der Waals surface area contributed by atoms with Crippen LogP contribution in [0.25, 0.3) is 0 Å². The third kappa shape index (κ3) is 5.16. The minimum atomic E-state index is 0.155. The number of benzene rings is 1. The lowest BCUT2D eigenvalue weighted by atomic mass is 9.96. The Morgan fingerprint density at radius 3 is 2.95 bits per heavy atom. The van der Waals surface area contributed by atoms with Crippen molar-refractivity contribution in [3.8, 4) is 0 Å². The van der Waals surface area contributed by atoms with Crippen LogP contribution in [0, 0.1) is 18.8 Å². The van der Waals surface area contributed by atoms with E-state index in [4.69, 9.17) is 0 Å². The number of piperidine rings is 1. The van der Waals surface area contributed by atoms with Crippen LogP contribution in [0.3, 0.4) is 0 Å². The summed E-state index contributed by atoms with van der Waals surface area (Å²) in [5.74, 6) is 0.904. The molecule has 1 aromatic rings. The number of nitrogens with one attached hydrogen (secondary N) is 1. The van der Waals surface area contributed by atoms with Crippen LogP contribution < -0.4 is 5.32 Å². The quantitative estimate of drug-likeness (QED) is 0.903. The number of aryl methyl sites for hydroxylation is 1. The zero-order chi connectivity index (χ0) is 15.2. The lowest BCUT2D eigenvalue weighted by Crippen LogP contribution is -2.43. The summed E-state index contributed by atoms with van der Waals surface area (Å²) < 4.78 is 0. The molecule has 0 spiro atoms. The fourth-order valence-corrected chi connectivity index (χ4v) is 2.93. The first-order chi connectivity index (χ1) is 10.0. The Morgan fingerprint density at radius 2 is 2.24 bits per heavy atom. The second-order valence-corrected chi connectivity index (χ2v) is 6.70. The van der Waals surface area contributed by atoms with Crippen LogP contribution in [0.2, 0.25) is 0 Å². The van der Waals surface area contributed by atoms with E-state index < -0.39 is 0 Å². The van der Waals surface area contributed by atoms with Gasteiger partial charge in [0.05, 0.1) is 5.92 Å². The Bertz CT molecular complexity index is 470. The standard InChI is InChI=1S/C18H28N2O/c1-14(2)11-19-18(21)17-8-5-9-20(13-17)12-16-7-4-6-15(3)10-16/h4,6-7,10,14,17H,5,8-9,11-13H2,1-3H3,(H,19,21). The first kappa shape index (κ1) is 16.0. The van der Waals surface area contributed by atoms with E-state index in [2.05, 4.69) is 55.3 Å². The fraction of sp³-hybridized carbons (Fsp3) is 0.611. The Labute approximate surface area is 128 Å². The second kappa shape index (κ2) is 7.60. The Morgan fingerprint density at radius 1 is 1.43 bits per heavy atom. The van der Waals surface area contributed by atoms with Gasteiger partial charge in [-0.1, -0.05) is 43.7 Å². The lowest BCUT2D eigenvalue weighted by molar-refractivity contribution is -0.126. The molecule has 0 aliphatic carbocycles. The van der Waals surface area contributed by atoms with Gasteiger partial charge in [-0.15, -0.1) is 0 Å². The van der Waals surface area contributed by atoms with Crippen molar-refractivity contribution in [2.45, 2.75) is 40.2 Å². The molecule has 1 atom stereocenters. The van der Waals surface area contributed by atoms with Crippen LogP contribution in [-0.4, -0.2) is 30.4 Å². The van der Waals surface area contributed by atoms with E-state index in [1.54, 1.807) is 0 Å². The second-order valence-electron chi connectivity index (χ2n) is 6.70. The summed E-state index contributed by atoms with van der Waals surface area (Å²) in [7, 11) is 0. The largest absolute Gasteiger partial charge is 0.356 e. The third-order valence-electron chi connectivity index (χ3n) is 4.05. The summed E-state index contributed by atoms with van der Waals surface area (Å²) in [5, 5.41) is 3.08. The van der Waals surface area contributed by atoms with Crippen LogP contribution in [0.4, 0.5) is 0 Å². The molecule has 2 rings (SSSR count). The summed E-state index contributed by atoms with van der Waals surface area (Å²) >= 11 is 0. The number of nitrogens with zero attached hydrogens (tertiary/aromatic N) is 1. The van der Waals surface area contributed by atoms with E-state index in [1.165, 1.54) is 11.1 Å². The van der Waals surface area contributed by atoms with Crippen LogP contribution in [0.5, 0.6) is 0 Å². The normalized spacial score (nSPS) is 19.7. The summed E-state index contributed by atoms with van der Waals surface area (Å²) in [6, 6.07) is 8.65. The molecule has 1 aromatic carbocycles. The molecule has 1 heterocycles. The van der Waals surface area contributed by atoms with Crippen LogP contribution in [0.15, 0.2) is 24.3 Å². The maximum absolute atomic E-state index is 12.2. The Balaban J connectivity index is 1.87. The molecule has 0 bridgehead atoms. The molecule has 1 saturated heterocycles. The summed E-state index contributed by atoms with van der Waals surface area (Å²) in [5.41, 5.74) is 2.65. The van der Waals surface area contributed by atoms with Gasteiger partial charge in [0.15, 0.2) is 0 Å². The Kier molecular flexibility index (Phi) is 5.80. The number of amides is 1. The van der Waals surface area contributed by atoms with Crippen molar-refractivity contribution < 1.29 is 4.79 Å². The number of likely N-dealkylation sites (tertiary alicyclic amines) is 1. The van der Waals surface area contributed by atoms with Crippen molar-refractivity contribution in [1.29, 1.82) is 0 Å². The molecule has 0 saturated carbocycles. The van der Waals surface area contributed by atoms with E-state index in [1.807, 2.05) is 0 Å². The highest BCUT2D eigenvalue weighted by Gasteiger charge is 2.25. The topological polar surface area (TPSA) is 32.3 Å². The maximum atomic E-state index is 12.2. The highest BCUT2D eigenvalue weighted by Crippen LogP contribution is 2.19. The van der Waals surface area contributed by atoms with Crippen molar-refractivity contribution in [1.82, 2.24) is 10.2 Å². The van der Waals surface area contributed by atoms with Crippen LogP contribution in [-0.2, 0) is 11.3 Å². The molecule has 1 fully saturated rings. The molecular formula is C18H28N2O. The SMILES string of the molecule is Cc1cccc(CN2CCCC(C(=O)NCC(C)C)C2)c1. The van der Waals surface area contributed by atoms with Crippen molar-refractivity contribution in [3.05, 3.63) is 35.4 Å². The average Bonchev–Trinajstić information content (AvgIpc) is 2.45. The molecule has 1 aliphatic rings. The zero-order valence-corrected chi connectivity index (χ0v) is 13.6. The number of carbonyl (C=O) groups excluding carboxylic acids is 1. The summed E-state index contributed by atoms with van der Waals surface area (Å²) in [6.07, 6.45) is 2.14. The first-order valence-corrected chi connectivity index (χ1v) is 8.10. The number of hydrogen-bond acceptors (Lipinski definition) is 2. The molecule has 3 heteroatoms. The number of carbonyl (C=O) groups is 1. The van der Waals surface area contributed by atoms with Crippen molar-refractivity contribution in [3.63, 3.8) is 0 Å². The lowest BCUT2D eigenvalue weighted by Gasteiger charge is -2.32. The number of rotatable bonds is 5. The third-order valence-corrected chi connectivity index (χ3v) is 4.05. The predicted molar refractivity (Wildman–Crippen MR) is 87.0 cm³/mol. The van der Waals surface area contributed by atoms with Crippen molar-refractivity contribution in [2.24, 2.45) is 11.8 Å². The molecule has 1 unspecified atom stereocenters. The van der Waals surface area contributed by atoms with Gasteiger partial charge in [-0.3, -0.25) is 9.69 Å². The molecule has 21 heavy (non-hydrogen) atoms. The predicted octanol–water partition coefficient (Wildman–Crippen LogP) is 2.98. The summed E-state index contributed by atoms with van der Waals surface area (Å²) in [6.45, 7) is 10.1. The maximum Gasteiger partial charge on any atom is 0.224 e. The van der Waals surface area contributed by atoms with E-state index in [9.17, 15) is 4.79 Å². The van der Waals surface area contributed by atoms with Gasteiger partial charge in [0, 0.05) is 19.6 Å². The van der Waals surface area contributed by atoms with E-state index >= 15 is 0 Å². The van der Waals surface area contributed by atoms with Gasteiger partial charge >= 0.3 is 0 Å². The van der Waals surface area contributed by atoms with E-state index in [-0.39, 0.29) is 11.8 Å². The molecule has 116 valence electrons. The van der Waals surface area contributed by atoms with Gasteiger partial charge in [-0.2, -0.15) is 0 Å². The Hall–Kier alpha value is -1.35. The first-order valence-electron chi connectivity index (χ1n) is 8.10. The minimum Gasteiger partial charge on any atom is -0.356 e. The van der Waals surface area contributed by atoms with Gasteiger partial charge in [-0.05, 0) is 37.8 Å². The molecule has 1 N–H and O–H groups in total. The van der Waals surface area contributed by atoms with Crippen molar-refractivity contribution in [2.75, 3.05) is 19.6 Å². The average molecular weight is 288 g/mol. The molecule has 1 amide bonds. The van der Waals surface area contributed by atoms with Gasteiger partial charge in [0.25, 0.3) is 0 Å². The van der Waals surface area contributed by atoms with E-state index in [0.29, 0.717) is 5.92 Å². The van der Waals surface area contributed by atoms with Crippen LogP contribution >= 0.6 is 0 Å². The van der Waals surface area contributed by atoms with E-state index in [0.717, 1.165) is 39.0 Å². The minimum absolute atomic E-state index is 0.155. The highest BCUT2D eigenvalue weighted by atomic mass is 16.1. The fourth-order valence-electron chi connectivity index (χ4n) is 2.93. The van der Waals surface area contributed by atoms with Crippen molar-refractivity contribution >= 4 is 5.91 Å². The van der Waals surface area contributed by atoms with Gasteiger partial charge in [0.2, 0.25) is 5.91 Å². The molecular weight excluding hydrogens is 260 g/mol. The number of hydrogen-bond donors (Lipinski definition) is 1. The monoisotopic (exact) mass is 288 g/mol. The molecule has 0 radical (unpaired) electrons. The van der Waals surface area contributed by atoms with Gasteiger partial charge < -0.3 is 5.32 Å². The van der Waals surface area contributed by atoms with Gasteiger partial charge in [0.1, 0.15) is 0 Å². The summed E-state index contributed by atoms with van der Waals surface area (Å²) in [4.78, 5) is 14.6. The molecule has 0 aromatic heterocycles. The molecule has 1 aliphatic heterocycles. The molecule has 3 nitrogen and oxygen atoms in total. The van der Waals surface area contributed by atoms with Crippen LogP contribution in [0.1, 0.15) is 37.8 Å². The zero-order valence-electron chi connectivity index (χ0n) is 13.6. The van der Waals surface area contributed by atoms with Gasteiger partial charge in [-0.25, -0.2) is 0 Å². The highest BCUT2D eigenvalue weighted by molar-refractivity contribution is 5.78.